The fraction of sp³-hybridized carbons (Fsp3) is 0.555. The molecule has 780 valence electrons. The number of hydrogen-bond acceptors (Lipinski definition) is 20. The summed E-state index contributed by atoms with van der Waals surface area (Å²) in [5, 5.41) is 94.2. The highest BCUT2D eigenvalue weighted by Gasteiger charge is 2.54. The smallest absolute Gasteiger partial charge is 0.411 e. The molecule has 25 heteroatoms. The van der Waals surface area contributed by atoms with Gasteiger partial charge in [-0.25, -0.2) is 4.79 Å². The number of ether oxygens (including phenoxy) is 1. The number of carbonyl (C=O) groups excluding carboxylic acids is 4. The third-order valence-corrected chi connectivity index (χ3v) is 34.7. The standard InChI is InChI=1S/C34H47N3O5.C29H39N3O3.C28H38N2O3.C19H30N2O.C9H10O3/c1-21(2)30-20-35-17-22(3)34(7,25-9-8-10-27(38)15-25)16-26(35)19-36(30)31(40)29-14-23-11-12-28(39)13-24(23)18-37(29)32(41)42-33(4,5)6;1-18(2)27-17-31-15-19(3)29(4,22-6-5-7-24(33)12-22)13-23(31)16-32(27)28(35)26-11-20-8-9-25(34)10-21(20)14-30-26;1-19(2)26-18-29-16-20(3)28(4,22-6-5-7-25(32)14-22)15-23(29)17-30(26)27(33)13-10-21-8-11-24(31)12-9-21;1-13(2)18-12-21-11-14(3)19(4,9-16(21)10-20-18)15-6-5-7-17(22)8-15;10-8-4-1-7(2-5-8)3-6-9(11)12/h8-13,15,21-22,26,29-30,38-39H,14,16-20H2,1-7H3;5-10,12,18-19,23,26-27,30,33-34H,11,13-17H2,1-4H3;5-9,11-12,14,19-20,23,26,31-32H,10,13,15-18H2,1-4H3;5-8,13-14,16,18,20,22H,9-12H2,1-4H3;1-2,4-5,10H,3,6H2,(H,11,12)/t22-,26+,29?,30+,34+;19-,23+,26?,27+,29+;20-,23+,26+,28+;14-,16+,18+,19+;/m0000./s1. The number of aliphatic carboxylic acids is 1. The summed E-state index contributed by atoms with van der Waals surface area (Å²) in [7, 11) is 0. The number of carboxylic acid groups (broad SMARTS) is 1. The third kappa shape index (κ3) is 25.3. The summed E-state index contributed by atoms with van der Waals surface area (Å²) in [4.78, 5) is 84.0. The topological polar surface area (TPSA) is 327 Å². The zero-order chi connectivity index (χ0) is 104. The number of amides is 4. The molecule has 2 unspecified atom stereocenters. The lowest BCUT2D eigenvalue weighted by Gasteiger charge is -2.56. The number of phenols is 8. The SMILES string of the molecule is CC(C)[C@H]1CN2C[C@H](C)[C@](C)(c3cccc(O)c3)C[C@@H]2CN1.CC(C)[C@H]1CN2C[C@H](C)[C@](C)(c3cccc(O)c3)C[C@@H]2CN1C(=O)C1Cc2ccc(O)cc2CN1.CC(C)[C@H]1CN2C[C@H](C)[C@](C)(c3cccc(O)c3)C[C@@H]2CN1C(=O)C1Cc2ccc(O)cc2CN1C(=O)OC(C)(C)C.CC(C)[C@H]1CN2C[C@H](C)[C@](C)(c3cccc(O)c3)C[C@@H]2CN1C(=O)CCc1ccc(O)cc1.O=C(O)CCc1ccc(O)cc1. The number of aryl methyl sites for hydroxylation is 2. The molecule has 18 rings (SSSR count). The van der Waals surface area contributed by atoms with E-state index in [1.165, 1.54) is 23.2 Å². The highest BCUT2D eigenvalue weighted by Crippen LogP contribution is 2.50. The molecule has 0 aromatic heterocycles. The van der Waals surface area contributed by atoms with Gasteiger partial charge in [0.1, 0.15) is 57.6 Å². The van der Waals surface area contributed by atoms with Crippen LogP contribution in [0.1, 0.15) is 226 Å². The molecule has 0 saturated carbocycles. The molecular formula is C119H164N10O15. The number of piperidine rings is 4. The number of aromatic hydroxyl groups is 8. The van der Waals surface area contributed by atoms with Crippen molar-refractivity contribution in [1.82, 2.24) is 49.8 Å². The first-order valence-corrected chi connectivity index (χ1v) is 53.0. The molecule has 11 N–H and O–H groups in total. The molecule has 8 fully saturated rings. The van der Waals surface area contributed by atoms with Crippen LogP contribution in [0.2, 0.25) is 0 Å². The van der Waals surface area contributed by atoms with Gasteiger partial charge in [0, 0.05) is 153 Å². The summed E-state index contributed by atoms with van der Waals surface area (Å²) in [5.41, 5.74) is 10.00. The van der Waals surface area contributed by atoms with Crippen LogP contribution in [0.5, 0.6) is 46.0 Å². The number of nitrogens with zero attached hydrogens (tertiary/aromatic N) is 8. The van der Waals surface area contributed by atoms with Gasteiger partial charge < -0.3 is 76.0 Å². The number of carboxylic acids is 1. The van der Waals surface area contributed by atoms with Crippen molar-refractivity contribution in [2.45, 2.75) is 297 Å². The monoisotopic (exact) mass is 1970 g/mol. The van der Waals surface area contributed by atoms with Gasteiger partial charge in [-0.3, -0.25) is 43.7 Å². The maximum Gasteiger partial charge on any atom is 0.411 e. The van der Waals surface area contributed by atoms with Crippen LogP contribution >= 0.6 is 0 Å². The molecule has 0 radical (unpaired) electrons. The first-order chi connectivity index (χ1) is 68.1. The molecule has 8 saturated heterocycles. The largest absolute Gasteiger partial charge is 0.508 e. The van der Waals surface area contributed by atoms with E-state index in [4.69, 9.17) is 14.9 Å². The molecule has 8 aromatic rings. The molecule has 18 atom stereocenters. The highest BCUT2D eigenvalue weighted by molar-refractivity contribution is 5.87. The minimum Gasteiger partial charge on any atom is -0.508 e. The van der Waals surface area contributed by atoms with Crippen molar-refractivity contribution in [1.29, 1.82) is 0 Å². The van der Waals surface area contributed by atoms with Crippen molar-refractivity contribution in [3.63, 3.8) is 0 Å². The van der Waals surface area contributed by atoms with Crippen LogP contribution in [-0.2, 0) is 84.3 Å². The lowest BCUT2D eigenvalue weighted by Crippen LogP contribution is -2.68. The molecule has 10 aliphatic rings. The van der Waals surface area contributed by atoms with Gasteiger partial charge in [0.05, 0.1) is 12.6 Å². The van der Waals surface area contributed by atoms with Gasteiger partial charge in [0.2, 0.25) is 17.7 Å². The van der Waals surface area contributed by atoms with Gasteiger partial charge in [0.25, 0.3) is 0 Å². The maximum atomic E-state index is 14.6. The van der Waals surface area contributed by atoms with E-state index >= 15 is 0 Å². The van der Waals surface area contributed by atoms with Crippen LogP contribution in [0.15, 0.2) is 182 Å². The predicted octanol–water partition coefficient (Wildman–Crippen LogP) is 17.9. The number of hydrogen-bond donors (Lipinski definition) is 11. The number of rotatable bonds is 16. The average molecular weight is 1970 g/mol. The van der Waals surface area contributed by atoms with E-state index in [0.717, 1.165) is 130 Å². The molecule has 0 bridgehead atoms. The summed E-state index contributed by atoms with van der Waals surface area (Å²) >= 11 is 0. The quantitative estimate of drug-likeness (QED) is 0.0428. The van der Waals surface area contributed by atoms with Gasteiger partial charge in [-0.05, 0) is 287 Å². The molecule has 25 nitrogen and oxygen atoms in total. The average Bonchev–Trinajstić information content (AvgIpc) is 0.749. The Bertz CT molecular complexity index is 5730. The Labute approximate surface area is 855 Å². The van der Waals surface area contributed by atoms with Crippen molar-refractivity contribution in [2.75, 3.05) is 78.5 Å². The van der Waals surface area contributed by atoms with Crippen LogP contribution in [0, 0.1) is 47.3 Å². The summed E-state index contributed by atoms with van der Waals surface area (Å²) < 4.78 is 5.77. The van der Waals surface area contributed by atoms with Gasteiger partial charge in [-0.1, -0.05) is 196 Å². The van der Waals surface area contributed by atoms with Gasteiger partial charge >= 0.3 is 12.1 Å². The normalized spacial score (nSPS) is 28.6. The van der Waals surface area contributed by atoms with Crippen LogP contribution < -0.4 is 10.6 Å². The Morgan fingerprint density at radius 2 is 0.729 bits per heavy atom. The number of benzene rings is 8. The van der Waals surface area contributed by atoms with E-state index in [1.807, 2.05) is 98.5 Å². The van der Waals surface area contributed by atoms with Crippen LogP contribution in [0.25, 0.3) is 0 Å². The Hall–Kier alpha value is -10.9. The second kappa shape index (κ2) is 45.6. The molecule has 10 heterocycles. The van der Waals surface area contributed by atoms with E-state index in [-0.39, 0.29) is 117 Å². The van der Waals surface area contributed by atoms with Crippen LogP contribution in [0.3, 0.4) is 0 Å². The van der Waals surface area contributed by atoms with E-state index < -0.39 is 23.7 Å². The van der Waals surface area contributed by atoms with Crippen molar-refractivity contribution in [3.8, 4) is 46.0 Å². The van der Waals surface area contributed by atoms with E-state index in [2.05, 4.69) is 175 Å². The molecular weight excluding hydrogens is 1810 g/mol. The molecule has 4 amide bonds. The number of carbonyl (C=O) groups is 5. The Morgan fingerprint density at radius 3 is 1.12 bits per heavy atom. The predicted molar refractivity (Wildman–Crippen MR) is 566 cm³/mol. The zero-order valence-electron chi connectivity index (χ0n) is 88.7. The lowest BCUT2D eigenvalue weighted by molar-refractivity contribution is -0.148. The molecule has 144 heavy (non-hydrogen) atoms. The minimum atomic E-state index is -0.803. The molecule has 8 aromatic carbocycles. The number of nitrogens with one attached hydrogen (secondary N) is 2. The fourth-order valence-corrected chi connectivity index (χ4v) is 24.8. The second-order valence-electron chi connectivity index (χ2n) is 47.0. The van der Waals surface area contributed by atoms with Gasteiger partial charge in [-0.15, -0.1) is 0 Å². The Kier molecular flexibility index (Phi) is 34.4. The second-order valence-corrected chi connectivity index (χ2v) is 47.0. The molecule has 0 aliphatic carbocycles. The summed E-state index contributed by atoms with van der Waals surface area (Å²) in [6, 6.07) is 56.8. The Balaban J connectivity index is 0.000000149. The molecule has 10 aliphatic heterocycles. The van der Waals surface area contributed by atoms with Crippen LogP contribution in [-0.4, -0.2) is 259 Å². The van der Waals surface area contributed by atoms with E-state index in [0.29, 0.717) is 128 Å². The maximum absolute atomic E-state index is 14.6. The van der Waals surface area contributed by atoms with Crippen molar-refractivity contribution in [3.05, 3.63) is 238 Å². The van der Waals surface area contributed by atoms with Crippen molar-refractivity contribution < 1.29 is 74.7 Å². The van der Waals surface area contributed by atoms with Gasteiger partial charge in [-0.2, -0.15) is 0 Å². The lowest BCUT2D eigenvalue weighted by atomic mass is 9.65. The fourth-order valence-electron chi connectivity index (χ4n) is 24.8. The first-order valence-electron chi connectivity index (χ1n) is 53.0. The van der Waals surface area contributed by atoms with E-state index in [9.17, 15) is 59.7 Å². The summed E-state index contributed by atoms with van der Waals surface area (Å²) in [5.74, 6) is 5.31. The van der Waals surface area contributed by atoms with Crippen molar-refractivity contribution >= 4 is 29.8 Å². The van der Waals surface area contributed by atoms with E-state index in [1.54, 1.807) is 89.8 Å². The highest BCUT2D eigenvalue weighted by atomic mass is 16.6. The third-order valence-electron chi connectivity index (χ3n) is 34.7. The molecule has 0 spiro atoms. The summed E-state index contributed by atoms with van der Waals surface area (Å²) in [6.07, 6.45) is 6.30. The number of piperazine rings is 4. The van der Waals surface area contributed by atoms with Crippen molar-refractivity contribution in [2.24, 2.45) is 47.3 Å². The minimum absolute atomic E-state index is 0.0211. The zero-order valence-corrected chi connectivity index (χ0v) is 88.7. The summed E-state index contributed by atoms with van der Waals surface area (Å²) in [6.45, 7) is 53.8. The number of phenolic OH excluding ortho intramolecular Hbond substituents is 8. The van der Waals surface area contributed by atoms with Gasteiger partial charge in [0.15, 0.2) is 0 Å². The first kappa shape index (κ1) is 109. The Morgan fingerprint density at radius 1 is 0.375 bits per heavy atom. The number of fused-ring (bicyclic) bond motifs is 6. The van der Waals surface area contributed by atoms with Crippen LogP contribution in [0.4, 0.5) is 4.79 Å².